The molecule has 21 heavy (non-hydrogen) atoms. The summed E-state index contributed by atoms with van der Waals surface area (Å²) < 4.78 is 1.45. The molecule has 1 amide bonds. The Morgan fingerprint density at radius 2 is 1.95 bits per heavy atom. The van der Waals surface area contributed by atoms with Crippen LogP contribution in [0.25, 0.3) is 0 Å². The van der Waals surface area contributed by atoms with Gasteiger partial charge in [0, 0.05) is 17.1 Å². The van der Waals surface area contributed by atoms with Crippen LogP contribution in [-0.2, 0) is 4.79 Å². The van der Waals surface area contributed by atoms with Crippen molar-refractivity contribution in [3.8, 4) is 0 Å². The van der Waals surface area contributed by atoms with Gasteiger partial charge in [0.25, 0.3) is 0 Å². The molecule has 0 radical (unpaired) electrons. The van der Waals surface area contributed by atoms with Gasteiger partial charge in [0.1, 0.15) is 6.04 Å². The number of benzene rings is 1. The van der Waals surface area contributed by atoms with Gasteiger partial charge in [0.05, 0.1) is 0 Å². The minimum Gasteiger partial charge on any atom is -0.324 e. The van der Waals surface area contributed by atoms with Gasteiger partial charge in [-0.1, -0.05) is 25.1 Å². The Kier molecular flexibility index (Phi) is 4.52. The molecule has 110 valence electrons. The van der Waals surface area contributed by atoms with Crippen molar-refractivity contribution in [2.75, 3.05) is 5.32 Å². The number of nitrogens with one attached hydrogen (secondary N) is 1. The van der Waals surface area contributed by atoms with Crippen LogP contribution in [0.5, 0.6) is 0 Å². The lowest BCUT2D eigenvalue weighted by atomic mass is 10.1. The number of rotatable bonds is 4. The van der Waals surface area contributed by atoms with E-state index >= 15 is 0 Å². The Bertz CT molecular complexity index is 692. The Morgan fingerprint density at radius 1 is 1.29 bits per heavy atom. The summed E-state index contributed by atoms with van der Waals surface area (Å²) >= 11 is 0. The van der Waals surface area contributed by atoms with Crippen LogP contribution >= 0.6 is 0 Å². The molecular formula is C16H19N3O2. The average molecular weight is 285 g/mol. The van der Waals surface area contributed by atoms with Crippen molar-refractivity contribution >= 4 is 11.6 Å². The molecule has 0 spiro atoms. The topological polar surface area (TPSA) is 64.0 Å². The van der Waals surface area contributed by atoms with Crippen LogP contribution < -0.4 is 11.0 Å². The molecule has 2 rings (SSSR count). The molecule has 0 aliphatic carbocycles. The summed E-state index contributed by atoms with van der Waals surface area (Å²) in [5.41, 5.74) is 1.73. The fourth-order valence-electron chi connectivity index (χ4n) is 2.37. The number of aromatic nitrogens is 2. The normalized spacial score (nSPS) is 12.0. The number of carbonyl (C=O) groups excluding carboxylic acids is 1. The molecule has 0 fully saturated rings. The maximum Gasteiger partial charge on any atom is 0.348 e. The van der Waals surface area contributed by atoms with E-state index in [4.69, 9.17) is 0 Å². The quantitative estimate of drug-likeness (QED) is 0.938. The van der Waals surface area contributed by atoms with Crippen molar-refractivity contribution in [2.45, 2.75) is 33.2 Å². The zero-order valence-corrected chi connectivity index (χ0v) is 12.5. The first kappa shape index (κ1) is 15.0. The molecule has 0 saturated carbocycles. The molecule has 5 nitrogen and oxygen atoms in total. The Labute approximate surface area is 123 Å². The third-order valence-electron chi connectivity index (χ3n) is 3.32. The van der Waals surface area contributed by atoms with Crippen LogP contribution in [0.15, 0.2) is 41.2 Å². The number of para-hydroxylation sites is 1. The Balaban J connectivity index is 2.32. The summed E-state index contributed by atoms with van der Waals surface area (Å²) in [6.45, 7) is 5.46. The number of anilines is 1. The van der Waals surface area contributed by atoms with E-state index in [2.05, 4.69) is 10.3 Å². The second-order valence-corrected chi connectivity index (χ2v) is 4.97. The number of carbonyl (C=O) groups is 1. The fourth-order valence-corrected chi connectivity index (χ4v) is 2.37. The predicted molar refractivity (Wildman–Crippen MR) is 82.4 cm³/mol. The highest BCUT2D eigenvalue weighted by Crippen LogP contribution is 2.15. The first-order valence-corrected chi connectivity index (χ1v) is 6.95. The fraction of sp³-hybridized carbons (Fsp3) is 0.312. The average Bonchev–Trinajstić information content (AvgIpc) is 2.43. The van der Waals surface area contributed by atoms with Gasteiger partial charge < -0.3 is 5.32 Å². The highest BCUT2D eigenvalue weighted by Gasteiger charge is 2.21. The third kappa shape index (κ3) is 3.37. The number of nitrogens with zero attached hydrogens (tertiary/aromatic N) is 2. The largest absolute Gasteiger partial charge is 0.348 e. The van der Waals surface area contributed by atoms with Crippen molar-refractivity contribution in [3.63, 3.8) is 0 Å². The van der Waals surface area contributed by atoms with Crippen molar-refractivity contribution < 1.29 is 4.79 Å². The molecule has 1 aromatic heterocycles. The van der Waals surface area contributed by atoms with Gasteiger partial charge >= 0.3 is 5.69 Å². The first-order valence-electron chi connectivity index (χ1n) is 6.95. The summed E-state index contributed by atoms with van der Waals surface area (Å²) in [6.07, 6.45) is 0.518. The summed E-state index contributed by atoms with van der Waals surface area (Å²) in [5, 5.41) is 2.83. The summed E-state index contributed by atoms with van der Waals surface area (Å²) in [5.74, 6) is -0.209. The van der Waals surface area contributed by atoms with Gasteiger partial charge in [-0.2, -0.15) is 4.98 Å². The van der Waals surface area contributed by atoms with Gasteiger partial charge in [0.15, 0.2) is 0 Å². The van der Waals surface area contributed by atoms with E-state index < -0.39 is 6.04 Å². The molecule has 1 aromatic carbocycles. The van der Waals surface area contributed by atoms with Crippen molar-refractivity contribution in [1.82, 2.24) is 9.55 Å². The number of hydrogen-bond donors (Lipinski definition) is 1. The molecule has 0 aliphatic rings. The molecule has 0 bridgehead atoms. The van der Waals surface area contributed by atoms with E-state index in [1.807, 2.05) is 44.2 Å². The molecule has 0 aliphatic heterocycles. The second-order valence-electron chi connectivity index (χ2n) is 4.97. The Hall–Kier alpha value is -2.43. The van der Waals surface area contributed by atoms with Crippen molar-refractivity contribution in [1.29, 1.82) is 0 Å². The van der Waals surface area contributed by atoms with E-state index in [9.17, 15) is 9.59 Å². The van der Waals surface area contributed by atoms with E-state index in [0.29, 0.717) is 17.8 Å². The maximum atomic E-state index is 12.4. The van der Waals surface area contributed by atoms with E-state index in [1.54, 1.807) is 13.0 Å². The summed E-state index contributed by atoms with van der Waals surface area (Å²) in [6, 6.07) is 10.4. The summed E-state index contributed by atoms with van der Waals surface area (Å²) in [7, 11) is 0. The third-order valence-corrected chi connectivity index (χ3v) is 3.32. The molecule has 5 heteroatoms. The SMILES string of the molecule is CCC(C(=O)Nc1ccccc1)n1c(C)cc(C)nc1=O. The zero-order valence-electron chi connectivity index (χ0n) is 12.5. The molecule has 1 unspecified atom stereocenters. The van der Waals surface area contributed by atoms with Gasteiger partial charge in [0.2, 0.25) is 5.91 Å². The van der Waals surface area contributed by atoms with Gasteiger partial charge in [-0.05, 0) is 38.5 Å². The lowest BCUT2D eigenvalue weighted by molar-refractivity contribution is -0.119. The minimum absolute atomic E-state index is 0.209. The lowest BCUT2D eigenvalue weighted by Gasteiger charge is -2.20. The molecule has 1 atom stereocenters. The molecule has 0 saturated heterocycles. The van der Waals surface area contributed by atoms with Crippen LogP contribution in [0.2, 0.25) is 0 Å². The van der Waals surface area contributed by atoms with E-state index in [0.717, 1.165) is 5.69 Å². The standard InChI is InChI=1S/C16H19N3O2/c1-4-14(15(20)18-13-8-6-5-7-9-13)19-12(3)10-11(2)17-16(19)21/h5-10,14H,4H2,1-3H3,(H,18,20). The van der Waals surface area contributed by atoms with Crippen LogP contribution in [0.1, 0.15) is 30.8 Å². The Morgan fingerprint density at radius 3 is 2.52 bits per heavy atom. The van der Waals surface area contributed by atoms with E-state index in [1.165, 1.54) is 4.57 Å². The van der Waals surface area contributed by atoms with Gasteiger partial charge in [-0.25, -0.2) is 4.79 Å². The number of hydrogen-bond acceptors (Lipinski definition) is 3. The highest BCUT2D eigenvalue weighted by molar-refractivity contribution is 5.93. The highest BCUT2D eigenvalue weighted by atomic mass is 16.2. The van der Waals surface area contributed by atoms with Crippen LogP contribution in [0.4, 0.5) is 5.69 Å². The van der Waals surface area contributed by atoms with Crippen LogP contribution in [-0.4, -0.2) is 15.5 Å². The minimum atomic E-state index is -0.564. The summed E-state index contributed by atoms with van der Waals surface area (Å²) in [4.78, 5) is 28.4. The number of aryl methyl sites for hydroxylation is 2. The lowest BCUT2D eigenvalue weighted by Crippen LogP contribution is -2.36. The smallest absolute Gasteiger partial charge is 0.324 e. The van der Waals surface area contributed by atoms with Gasteiger partial charge in [-0.3, -0.25) is 9.36 Å². The molecular weight excluding hydrogens is 266 g/mol. The first-order chi connectivity index (χ1) is 10.0. The van der Waals surface area contributed by atoms with Crippen molar-refractivity contribution in [3.05, 3.63) is 58.3 Å². The maximum absolute atomic E-state index is 12.4. The van der Waals surface area contributed by atoms with Crippen LogP contribution in [0, 0.1) is 13.8 Å². The van der Waals surface area contributed by atoms with Crippen molar-refractivity contribution in [2.24, 2.45) is 0 Å². The van der Waals surface area contributed by atoms with E-state index in [-0.39, 0.29) is 11.6 Å². The van der Waals surface area contributed by atoms with Gasteiger partial charge in [-0.15, -0.1) is 0 Å². The molecule has 2 aromatic rings. The monoisotopic (exact) mass is 285 g/mol. The second kappa shape index (κ2) is 6.35. The zero-order chi connectivity index (χ0) is 15.4. The predicted octanol–water partition coefficient (Wildman–Crippen LogP) is 2.45. The molecule has 1 N–H and O–H groups in total. The number of amides is 1. The molecule has 1 heterocycles. The van der Waals surface area contributed by atoms with Crippen LogP contribution in [0.3, 0.4) is 0 Å².